The zero-order chi connectivity index (χ0) is 13.1. The quantitative estimate of drug-likeness (QED) is 0.567. The normalized spacial score (nSPS) is 10.4. The number of rotatable bonds is 4. The summed E-state index contributed by atoms with van der Waals surface area (Å²) in [5, 5.41) is 22.2. The van der Waals surface area contributed by atoms with Crippen LogP contribution in [0.3, 0.4) is 0 Å². The highest BCUT2D eigenvalue weighted by Crippen LogP contribution is 2.23. The molecule has 1 heterocycles. The molecule has 0 aliphatic carbocycles. The average Bonchev–Trinajstić information content (AvgIpc) is 2.71. The van der Waals surface area contributed by atoms with Crippen molar-refractivity contribution in [1.29, 1.82) is 0 Å². The van der Waals surface area contributed by atoms with Gasteiger partial charge in [0.1, 0.15) is 0 Å². The molecule has 1 amide bonds. The number of nitro groups is 1. The molecular formula is C11H11N3O4. The second kappa shape index (κ2) is 4.74. The van der Waals surface area contributed by atoms with E-state index in [2.05, 4.69) is 10.3 Å². The lowest BCUT2D eigenvalue weighted by atomic mass is 10.1. The standard InChI is InChI=1S/C11H11N3O4/c15-11(16)12-4-3-7-6-13-10-5-8(14(17)18)1-2-9(7)10/h1-2,5-6,12-13H,3-4H2,(H,15,16). The minimum atomic E-state index is -1.06. The molecule has 0 aliphatic rings. The van der Waals surface area contributed by atoms with Gasteiger partial charge in [-0.25, -0.2) is 4.79 Å². The summed E-state index contributed by atoms with van der Waals surface area (Å²) >= 11 is 0. The summed E-state index contributed by atoms with van der Waals surface area (Å²) < 4.78 is 0. The van der Waals surface area contributed by atoms with Crippen molar-refractivity contribution in [1.82, 2.24) is 10.3 Å². The number of benzene rings is 1. The third kappa shape index (κ3) is 2.40. The topological polar surface area (TPSA) is 108 Å². The third-order valence-electron chi connectivity index (χ3n) is 2.63. The molecular weight excluding hydrogens is 238 g/mol. The van der Waals surface area contributed by atoms with Crippen molar-refractivity contribution in [2.24, 2.45) is 0 Å². The van der Waals surface area contributed by atoms with Gasteiger partial charge in [0.15, 0.2) is 0 Å². The van der Waals surface area contributed by atoms with Gasteiger partial charge in [0.25, 0.3) is 5.69 Å². The summed E-state index contributed by atoms with van der Waals surface area (Å²) in [6.45, 7) is 0.305. The molecule has 0 unspecified atom stereocenters. The van der Waals surface area contributed by atoms with Gasteiger partial charge >= 0.3 is 6.09 Å². The number of nitrogens with zero attached hydrogens (tertiary/aromatic N) is 1. The summed E-state index contributed by atoms with van der Waals surface area (Å²) in [5.74, 6) is 0. The largest absolute Gasteiger partial charge is 0.465 e. The number of nitro benzene ring substituents is 1. The van der Waals surface area contributed by atoms with Crippen LogP contribution in [0.4, 0.5) is 10.5 Å². The van der Waals surface area contributed by atoms with E-state index in [4.69, 9.17) is 5.11 Å². The van der Waals surface area contributed by atoms with Gasteiger partial charge in [0.2, 0.25) is 0 Å². The molecule has 0 atom stereocenters. The van der Waals surface area contributed by atoms with E-state index < -0.39 is 11.0 Å². The Kier molecular flexibility index (Phi) is 3.13. The minimum Gasteiger partial charge on any atom is -0.465 e. The number of H-pyrrole nitrogens is 1. The Morgan fingerprint density at radius 3 is 2.94 bits per heavy atom. The number of aromatic amines is 1. The van der Waals surface area contributed by atoms with Crippen LogP contribution >= 0.6 is 0 Å². The molecule has 1 aromatic carbocycles. The number of aromatic nitrogens is 1. The summed E-state index contributed by atoms with van der Waals surface area (Å²) in [5.41, 5.74) is 1.63. The number of amides is 1. The summed E-state index contributed by atoms with van der Waals surface area (Å²) in [6, 6.07) is 4.56. The van der Waals surface area contributed by atoms with E-state index in [1.54, 1.807) is 12.3 Å². The molecule has 94 valence electrons. The van der Waals surface area contributed by atoms with Crippen LogP contribution in [0.15, 0.2) is 24.4 Å². The lowest BCUT2D eigenvalue weighted by Crippen LogP contribution is -2.23. The molecule has 3 N–H and O–H groups in total. The fraction of sp³-hybridized carbons (Fsp3) is 0.182. The molecule has 0 aliphatic heterocycles. The Morgan fingerprint density at radius 1 is 1.50 bits per heavy atom. The van der Waals surface area contributed by atoms with Gasteiger partial charge in [-0.15, -0.1) is 0 Å². The average molecular weight is 249 g/mol. The van der Waals surface area contributed by atoms with E-state index in [1.165, 1.54) is 12.1 Å². The Morgan fingerprint density at radius 2 is 2.28 bits per heavy atom. The van der Waals surface area contributed by atoms with E-state index >= 15 is 0 Å². The molecule has 7 heteroatoms. The van der Waals surface area contributed by atoms with E-state index in [-0.39, 0.29) is 5.69 Å². The van der Waals surface area contributed by atoms with Crippen molar-refractivity contribution in [2.75, 3.05) is 6.54 Å². The molecule has 0 bridgehead atoms. The molecule has 18 heavy (non-hydrogen) atoms. The molecule has 2 rings (SSSR count). The van der Waals surface area contributed by atoms with Gasteiger partial charge in [-0.1, -0.05) is 0 Å². The number of carboxylic acid groups (broad SMARTS) is 1. The SMILES string of the molecule is O=C(O)NCCc1c[nH]c2cc([N+](=O)[O-])ccc12. The van der Waals surface area contributed by atoms with Crippen LogP contribution in [-0.4, -0.2) is 27.7 Å². The van der Waals surface area contributed by atoms with E-state index in [0.717, 1.165) is 10.9 Å². The number of carbonyl (C=O) groups is 1. The van der Waals surface area contributed by atoms with E-state index in [1.807, 2.05) is 0 Å². The van der Waals surface area contributed by atoms with Crippen molar-refractivity contribution < 1.29 is 14.8 Å². The molecule has 1 aromatic heterocycles. The number of hydrogen-bond donors (Lipinski definition) is 3. The van der Waals surface area contributed by atoms with Crippen molar-refractivity contribution in [3.63, 3.8) is 0 Å². The molecule has 2 aromatic rings. The summed E-state index contributed by atoms with van der Waals surface area (Å²) in [4.78, 5) is 23.4. The summed E-state index contributed by atoms with van der Waals surface area (Å²) in [7, 11) is 0. The highest BCUT2D eigenvalue weighted by Gasteiger charge is 2.09. The fourth-order valence-corrected chi connectivity index (χ4v) is 1.80. The lowest BCUT2D eigenvalue weighted by Gasteiger charge is -2.00. The second-order valence-corrected chi connectivity index (χ2v) is 3.78. The Bertz CT molecular complexity index is 605. The zero-order valence-corrected chi connectivity index (χ0v) is 9.34. The van der Waals surface area contributed by atoms with Gasteiger partial charge in [-0.3, -0.25) is 10.1 Å². The second-order valence-electron chi connectivity index (χ2n) is 3.78. The predicted octanol–water partition coefficient (Wildman–Crippen LogP) is 1.89. The van der Waals surface area contributed by atoms with Crippen LogP contribution in [0.1, 0.15) is 5.56 Å². The first-order chi connectivity index (χ1) is 8.58. The highest BCUT2D eigenvalue weighted by molar-refractivity contribution is 5.85. The fourth-order valence-electron chi connectivity index (χ4n) is 1.80. The third-order valence-corrected chi connectivity index (χ3v) is 2.63. The van der Waals surface area contributed by atoms with Crippen LogP contribution in [0, 0.1) is 10.1 Å². The Balaban J connectivity index is 2.20. The van der Waals surface area contributed by atoms with Gasteiger partial charge in [0, 0.05) is 30.3 Å². The number of non-ortho nitro benzene ring substituents is 1. The first-order valence-electron chi connectivity index (χ1n) is 5.29. The van der Waals surface area contributed by atoms with Crippen molar-refractivity contribution in [3.05, 3.63) is 40.1 Å². The number of hydrogen-bond acceptors (Lipinski definition) is 3. The molecule has 7 nitrogen and oxygen atoms in total. The van der Waals surface area contributed by atoms with Crippen LogP contribution in [-0.2, 0) is 6.42 Å². The lowest BCUT2D eigenvalue weighted by molar-refractivity contribution is -0.384. The smallest absolute Gasteiger partial charge is 0.404 e. The van der Waals surface area contributed by atoms with Crippen LogP contribution in [0.5, 0.6) is 0 Å². The Hall–Kier alpha value is -2.57. The molecule has 0 radical (unpaired) electrons. The van der Waals surface area contributed by atoms with E-state index in [9.17, 15) is 14.9 Å². The summed E-state index contributed by atoms with van der Waals surface area (Å²) in [6.07, 6.45) is 1.20. The van der Waals surface area contributed by atoms with E-state index in [0.29, 0.717) is 18.5 Å². The molecule has 0 saturated carbocycles. The maximum atomic E-state index is 10.6. The Labute approximate surface area is 102 Å². The minimum absolute atomic E-state index is 0.0274. The maximum absolute atomic E-state index is 10.6. The van der Waals surface area contributed by atoms with Gasteiger partial charge in [0.05, 0.1) is 10.4 Å². The zero-order valence-electron chi connectivity index (χ0n) is 9.34. The maximum Gasteiger partial charge on any atom is 0.404 e. The van der Waals surface area contributed by atoms with Crippen molar-refractivity contribution in [3.8, 4) is 0 Å². The van der Waals surface area contributed by atoms with Gasteiger partial charge in [-0.2, -0.15) is 0 Å². The van der Waals surface area contributed by atoms with Crippen LogP contribution in [0.25, 0.3) is 10.9 Å². The van der Waals surface area contributed by atoms with Crippen LogP contribution < -0.4 is 5.32 Å². The van der Waals surface area contributed by atoms with Crippen LogP contribution in [0.2, 0.25) is 0 Å². The van der Waals surface area contributed by atoms with Gasteiger partial charge in [-0.05, 0) is 18.1 Å². The highest BCUT2D eigenvalue weighted by atomic mass is 16.6. The van der Waals surface area contributed by atoms with Crippen molar-refractivity contribution in [2.45, 2.75) is 6.42 Å². The first kappa shape index (κ1) is 11.9. The first-order valence-corrected chi connectivity index (χ1v) is 5.29. The van der Waals surface area contributed by atoms with Crippen molar-refractivity contribution >= 4 is 22.7 Å². The number of nitrogens with one attached hydrogen (secondary N) is 2. The predicted molar refractivity (Wildman–Crippen MR) is 64.7 cm³/mol. The van der Waals surface area contributed by atoms with Gasteiger partial charge < -0.3 is 15.4 Å². The number of fused-ring (bicyclic) bond motifs is 1. The monoisotopic (exact) mass is 249 g/mol. The molecule has 0 spiro atoms. The molecule has 0 fully saturated rings. The molecule has 0 saturated heterocycles.